The van der Waals surface area contributed by atoms with Gasteiger partial charge in [-0.2, -0.15) is 0 Å². The molecule has 0 aromatic carbocycles. The van der Waals surface area contributed by atoms with E-state index in [-0.39, 0.29) is 12.5 Å². The number of carboxylic acid groups (broad SMARTS) is 1. The highest BCUT2D eigenvalue weighted by Crippen LogP contribution is 2.35. The van der Waals surface area contributed by atoms with Gasteiger partial charge in [-0.1, -0.05) is 41.5 Å². The van der Waals surface area contributed by atoms with Gasteiger partial charge in [0, 0.05) is 0 Å². The summed E-state index contributed by atoms with van der Waals surface area (Å²) in [4.78, 5) is 11.5. The lowest BCUT2D eigenvalue weighted by atomic mass is 9.99. The van der Waals surface area contributed by atoms with Crippen LogP contribution in [0.25, 0.3) is 0 Å². The van der Waals surface area contributed by atoms with E-state index >= 15 is 0 Å². The van der Waals surface area contributed by atoms with E-state index in [4.69, 9.17) is 8.85 Å². The molecule has 0 heterocycles. The van der Waals surface area contributed by atoms with Crippen LogP contribution in [0.3, 0.4) is 0 Å². The summed E-state index contributed by atoms with van der Waals surface area (Å²) < 4.78 is 13.3. The zero-order valence-electron chi connectivity index (χ0n) is 17.2. The maximum Gasteiger partial charge on any atom is 0.306 e. The van der Waals surface area contributed by atoms with Crippen LogP contribution < -0.4 is 0 Å². The minimum absolute atomic E-state index is 0.0172. The van der Waals surface area contributed by atoms with E-state index in [9.17, 15) is 9.90 Å². The molecule has 0 unspecified atom stereocenters. The van der Waals surface area contributed by atoms with Crippen molar-refractivity contribution >= 4 is 22.6 Å². The van der Waals surface area contributed by atoms with Crippen LogP contribution in [-0.4, -0.2) is 39.4 Å². The summed E-state index contributed by atoms with van der Waals surface area (Å²) in [5.74, 6) is -0.806. The van der Waals surface area contributed by atoms with Crippen LogP contribution >= 0.6 is 0 Å². The minimum atomic E-state index is -1.89. The van der Waals surface area contributed by atoms with Crippen molar-refractivity contribution < 1.29 is 18.8 Å². The van der Waals surface area contributed by atoms with Crippen molar-refractivity contribution in [1.82, 2.24) is 0 Å². The number of carbonyl (C=O) groups is 1. The van der Waals surface area contributed by atoms with Gasteiger partial charge in [-0.15, -0.1) is 0 Å². The van der Waals surface area contributed by atoms with Crippen LogP contribution in [0.4, 0.5) is 0 Å². The first-order valence-electron chi connectivity index (χ1n) is 9.69. The molecule has 0 aromatic heterocycles. The SMILES string of the molecule is CC[Si](CC)(CC)O[C@@H](CC(=O)O)C(C)(C)O[Si](CC)(CC)CC. The Balaban J connectivity index is 5.58. The lowest BCUT2D eigenvalue weighted by Gasteiger charge is -2.45. The summed E-state index contributed by atoms with van der Waals surface area (Å²) in [5, 5.41) is 9.42. The Labute approximate surface area is 151 Å². The summed E-state index contributed by atoms with van der Waals surface area (Å²) in [5.41, 5.74) is -0.565. The summed E-state index contributed by atoms with van der Waals surface area (Å²) in [6.07, 6.45) is -0.360. The molecule has 0 amide bonds. The molecule has 144 valence electrons. The molecule has 0 spiro atoms. The van der Waals surface area contributed by atoms with Crippen LogP contribution in [0.15, 0.2) is 0 Å². The van der Waals surface area contributed by atoms with Gasteiger partial charge in [0.2, 0.25) is 0 Å². The molecule has 0 saturated carbocycles. The third-order valence-corrected chi connectivity index (χ3v) is 15.3. The summed E-state index contributed by atoms with van der Waals surface area (Å²) in [7, 11) is -3.72. The lowest BCUT2D eigenvalue weighted by molar-refractivity contribution is -0.142. The summed E-state index contributed by atoms with van der Waals surface area (Å²) in [6.45, 7) is 17.2. The third-order valence-electron chi connectivity index (χ3n) is 5.87. The van der Waals surface area contributed by atoms with Gasteiger partial charge in [0.1, 0.15) is 0 Å². The number of hydrogen-bond donors (Lipinski definition) is 1. The quantitative estimate of drug-likeness (QED) is 0.422. The molecule has 0 aliphatic heterocycles. The second-order valence-corrected chi connectivity index (χ2v) is 16.8. The molecule has 0 bridgehead atoms. The Bertz CT molecular complexity index is 361. The van der Waals surface area contributed by atoms with Gasteiger partial charge < -0.3 is 14.0 Å². The predicted octanol–water partition coefficient (Wildman–Crippen LogP) is 5.65. The average Bonchev–Trinajstić information content (AvgIpc) is 2.56. The molecule has 0 aromatic rings. The molecule has 24 heavy (non-hydrogen) atoms. The normalized spacial score (nSPS) is 14.7. The smallest absolute Gasteiger partial charge is 0.306 e. The number of aliphatic carboxylic acids is 1. The highest BCUT2D eigenvalue weighted by atomic mass is 28.4. The van der Waals surface area contributed by atoms with E-state index in [0.717, 1.165) is 36.3 Å². The molecular formula is C18H40O4Si2. The highest BCUT2D eigenvalue weighted by molar-refractivity contribution is 6.74. The van der Waals surface area contributed by atoms with Crippen LogP contribution in [0.5, 0.6) is 0 Å². The van der Waals surface area contributed by atoms with Crippen molar-refractivity contribution in [2.45, 2.75) is 110 Å². The molecule has 0 rings (SSSR count). The largest absolute Gasteiger partial charge is 0.481 e. The van der Waals surface area contributed by atoms with Gasteiger partial charge in [0.05, 0.1) is 18.1 Å². The van der Waals surface area contributed by atoms with Crippen molar-refractivity contribution in [3.8, 4) is 0 Å². The van der Waals surface area contributed by atoms with E-state index < -0.39 is 28.2 Å². The maximum absolute atomic E-state index is 11.5. The van der Waals surface area contributed by atoms with Crippen molar-refractivity contribution in [2.75, 3.05) is 0 Å². The van der Waals surface area contributed by atoms with Gasteiger partial charge >= 0.3 is 5.97 Å². The molecular weight excluding hydrogens is 336 g/mol. The molecule has 0 radical (unpaired) electrons. The molecule has 0 aliphatic rings. The Kier molecular flexibility index (Phi) is 10.0. The fraction of sp³-hybridized carbons (Fsp3) is 0.944. The van der Waals surface area contributed by atoms with Crippen LogP contribution in [0, 0.1) is 0 Å². The fourth-order valence-electron chi connectivity index (χ4n) is 3.48. The third kappa shape index (κ3) is 6.28. The first-order valence-corrected chi connectivity index (χ1v) is 14.7. The second-order valence-electron chi connectivity index (χ2n) is 7.40. The monoisotopic (exact) mass is 376 g/mol. The number of carboxylic acids is 1. The Hall–Kier alpha value is -0.176. The zero-order chi connectivity index (χ0) is 19.0. The summed E-state index contributed by atoms with van der Waals surface area (Å²) >= 11 is 0. The highest BCUT2D eigenvalue weighted by Gasteiger charge is 2.44. The van der Waals surface area contributed by atoms with E-state index in [1.165, 1.54) is 0 Å². The van der Waals surface area contributed by atoms with Crippen LogP contribution in [0.1, 0.15) is 61.8 Å². The van der Waals surface area contributed by atoms with Crippen LogP contribution in [0.2, 0.25) is 36.3 Å². The van der Waals surface area contributed by atoms with E-state index in [1.807, 2.05) is 13.8 Å². The van der Waals surface area contributed by atoms with E-state index in [2.05, 4.69) is 41.5 Å². The topological polar surface area (TPSA) is 55.8 Å². The predicted molar refractivity (Wildman–Crippen MR) is 107 cm³/mol. The van der Waals surface area contributed by atoms with Gasteiger partial charge in [-0.3, -0.25) is 4.79 Å². The lowest BCUT2D eigenvalue weighted by Crippen LogP contribution is -2.55. The summed E-state index contributed by atoms with van der Waals surface area (Å²) in [6, 6.07) is 6.22. The van der Waals surface area contributed by atoms with Crippen molar-refractivity contribution in [3.05, 3.63) is 0 Å². The van der Waals surface area contributed by atoms with Crippen molar-refractivity contribution in [2.24, 2.45) is 0 Å². The van der Waals surface area contributed by atoms with E-state index in [0.29, 0.717) is 0 Å². The Morgan fingerprint density at radius 2 is 1.25 bits per heavy atom. The van der Waals surface area contributed by atoms with Crippen molar-refractivity contribution in [3.63, 3.8) is 0 Å². The van der Waals surface area contributed by atoms with E-state index in [1.54, 1.807) is 0 Å². The first-order chi connectivity index (χ1) is 11.1. The van der Waals surface area contributed by atoms with Crippen LogP contribution in [-0.2, 0) is 13.6 Å². The van der Waals surface area contributed by atoms with Gasteiger partial charge in [0.15, 0.2) is 16.6 Å². The van der Waals surface area contributed by atoms with Crippen molar-refractivity contribution in [1.29, 1.82) is 0 Å². The maximum atomic E-state index is 11.5. The van der Waals surface area contributed by atoms with Gasteiger partial charge in [0.25, 0.3) is 0 Å². The fourth-order valence-corrected chi connectivity index (χ4v) is 9.63. The first kappa shape index (κ1) is 23.8. The zero-order valence-corrected chi connectivity index (χ0v) is 19.2. The Morgan fingerprint density at radius 1 is 0.875 bits per heavy atom. The molecule has 0 saturated heterocycles. The number of rotatable bonds is 13. The standard InChI is InChI=1S/C18H40O4Si2/c1-9-23(10-2,11-3)21-16(15-17(19)20)18(7,8)22-24(12-4,13-5)14-6/h16H,9-15H2,1-8H3,(H,19,20)/t16-/m0/s1. The molecule has 1 atom stereocenters. The molecule has 6 heteroatoms. The average molecular weight is 377 g/mol. The molecule has 0 fully saturated rings. The number of hydrogen-bond acceptors (Lipinski definition) is 3. The minimum Gasteiger partial charge on any atom is -0.481 e. The molecule has 1 N–H and O–H groups in total. The molecule has 0 aliphatic carbocycles. The van der Waals surface area contributed by atoms with Gasteiger partial charge in [-0.05, 0) is 50.1 Å². The molecule has 4 nitrogen and oxygen atoms in total. The second kappa shape index (κ2) is 10.1. The van der Waals surface area contributed by atoms with Gasteiger partial charge in [-0.25, -0.2) is 0 Å². The Morgan fingerprint density at radius 3 is 1.54 bits per heavy atom.